The molecule has 0 aliphatic heterocycles. The summed E-state index contributed by atoms with van der Waals surface area (Å²) >= 11 is 0. The van der Waals surface area contributed by atoms with Gasteiger partial charge in [-0.05, 0) is 37.2 Å². The van der Waals surface area contributed by atoms with Gasteiger partial charge < -0.3 is 10.6 Å². The summed E-state index contributed by atoms with van der Waals surface area (Å²) in [5, 5.41) is 5.81. The fraction of sp³-hybridized carbons (Fsp3) is 0.417. The van der Waals surface area contributed by atoms with Crippen molar-refractivity contribution in [2.45, 2.75) is 13.8 Å². The molecule has 1 aromatic rings. The third kappa shape index (κ3) is 3.98. The molecule has 0 saturated heterocycles. The quantitative estimate of drug-likeness (QED) is 0.744. The van der Waals surface area contributed by atoms with Crippen LogP contribution in [0.25, 0.3) is 0 Å². The van der Waals surface area contributed by atoms with Crippen molar-refractivity contribution in [3.8, 4) is 0 Å². The molecule has 0 aromatic heterocycles. The van der Waals surface area contributed by atoms with Crippen molar-refractivity contribution in [3.63, 3.8) is 0 Å². The molecule has 4 heteroatoms. The van der Waals surface area contributed by atoms with Gasteiger partial charge >= 0.3 is 0 Å². The van der Waals surface area contributed by atoms with Crippen LogP contribution in [0.2, 0.25) is 0 Å². The average molecular weight is 224 g/mol. The Kier molecular flexibility index (Phi) is 4.92. The van der Waals surface area contributed by atoms with E-state index in [1.807, 2.05) is 6.92 Å². The van der Waals surface area contributed by atoms with Gasteiger partial charge in [0.2, 0.25) is 0 Å². The van der Waals surface area contributed by atoms with Gasteiger partial charge in [-0.15, -0.1) is 0 Å². The fourth-order valence-corrected chi connectivity index (χ4v) is 1.41. The smallest absolute Gasteiger partial charge is 0.251 e. The highest BCUT2D eigenvalue weighted by Gasteiger charge is 2.06. The van der Waals surface area contributed by atoms with Crippen LogP contribution in [0.4, 0.5) is 4.39 Å². The highest BCUT2D eigenvalue weighted by Crippen LogP contribution is 2.07. The predicted octanol–water partition coefficient (Wildman–Crippen LogP) is 1.47. The van der Waals surface area contributed by atoms with Gasteiger partial charge in [0, 0.05) is 18.7 Å². The van der Waals surface area contributed by atoms with Gasteiger partial charge in [-0.3, -0.25) is 4.79 Å². The van der Waals surface area contributed by atoms with Gasteiger partial charge in [0.25, 0.3) is 5.91 Å². The SMILES string of the molecule is CCNCCNC(=O)c1cc(C)cc(F)c1. The Morgan fingerprint density at radius 2 is 2.06 bits per heavy atom. The lowest BCUT2D eigenvalue weighted by atomic mass is 10.1. The summed E-state index contributed by atoms with van der Waals surface area (Å²) in [6.07, 6.45) is 0. The number of carbonyl (C=O) groups is 1. The number of aryl methyl sites for hydroxylation is 1. The third-order valence-electron chi connectivity index (χ3n) is 2.14. The highest BCUT2D eigenvalue weighted by molar-refractivity contribution is 5.94. The van der Waals surface area contributed by atoms with Crippen LogP contribution in [0, 0.1) is 12.7 Å². The van der Waals surface area contributed by atoms with Gasteiger partial charge in [0.05, 0.1) is 0 Å². The lowest BCUT2D eigenvalue weighted by Gasteiger charge is -2.06. The number of likely N-dealkylation sites (N-methyl/N-ethyl adjacent to an activating group) is 1. The number of hydrogen-bond acceptors (Lipinski definition) is 2. The first kappa shape index (κ1) is 12.6. The minimum atomic E-state index is -0.378. The molecular weight excluding hydrogens is 207 g/mol. The van der Waals surface area contributed by atoms with E-state index in [9.17, 15) is 9.18 Å². The van der Waals surface area contributed by atoms with E-state index in [4.69, 9.17) is 0 Å². The molecule has 0 aliphatic rings. The fourth-order valence-electron chi connectivity index (χ4n) is 1.41. The molecule has 0 atom stereocenters. The Labute approximate surface area is 95.0 Å². The monoisotopic (exact) mass is 224 g/mol. The van der Waals surface area contributed by atoms with E-state index in [1.54, 1.807) is 13.0 Å². The maximum atomic E-state index is 13.0. The van der Waals surface area contributed by atoms with E-state index in [-0.39, 0.29) is 11.7 Å². The number of benzene rings is 1. The maximum Gasteiger partial charge on any atom is 0.251 e. The molecule has 88 valence electrons. The molecule has 3 nitrogen and oxygen atoms in total. The summed E-state index contributed by atoms with van der Waals surface area (Å²) < 4.78 is 13.0. The van der Waals surface area contributed by atoms with Crippen molar-refractivity contribution in [2.75, 3.05) is 19.6 Å². The van der Waals surface area contributed by atoms with Gasteiger partial charge in [-0.2, -0.15) is 0 Å². The molecule has 0 fully saturated rings. The van der Waals surface area contributed by atoms with Crippen LogP contribution in [0.15, 0.2) is 18.2 Å². The molecule has 0 radical (unpaired) electrons. The summed E-state index contributed by atoms with van der Waals surface area (Å²) in [5.41, 5.74) is 1.12. The molecule has 0 bridgehead atoms. The number of amides is 1. The van der Waals surface area contributed by atoms with E-state index >= 15 is 0 Å². The van der Waals surface area contributed by atoms with E-state index in [0.29, 0.717) is 12.1 Å². The van der Waals surface area contributed by atoms with Crippen LogP contribution in [0.5, 0.6) is 0 Å². The first-order valence-electron chi connectivity index (χ1n) is 5.39. The van der Waals surface area contributed by atoms with Gasteiger partial charge in [0.1, 0.15) is 5.82 Å². The van der Waals surface area contributed by atoms with Crippen molar-refractivity contribution in [1.82, 2.24) is 10.6 Å². The zero-order chi connectivity index (χ0) is 12.0. The predicted molar refractivity (Wildman–Crippen MR) is 62.0 cm³/mol. The van der Waals surface area contributed by atoms with Crippen molar-refractivity contribution >= 4 is 5.91 Å². The van der Waals surface area contributed by atoms with Crippen molar-refractivity contribution < 1.29 is 9.18 Å². The van der Waals surface area contributed by atoms with Crippen LogP contribution in [-0.4, -0.2) is 25.5 Å². The Morgan fingerprint density at radius 1 is 1.31 bits per heavy atom. The summed E-state index contributed by atoms with van der Waals surface area (Å²) in [5.74, 6) is -0.614. The first-order valence-corrected chi connectivity index (χ1v) is 5.39. The molecule has 0 spiro atoms. The molecule has 1 rings (SSSR count). The Morgan fingerprint density at radius 3 is 2.69 bits per heavy atom. The molecule has 0 saturated carbocycles. The Hall–Kier alpha value is -1.42. The second kappa shape index (κ2) is 6.23. The number of carbonyl (C=O) groups excluding carboxylic acids is 1. The maximum absolute atomic E-state index is 13.0. The largest absolute Gasteiger partial charge is 0.351 e. The van der Waals surface area contributed by atoms with Crippen molar-refractivity contribution in [2.24, 2.45) is 0 Å². The van der Waals surface area contributed by atoms with Crippen LogP contribution in [-0.2, 0) is 0 Å². The van der Waals surface area contributed by atoms with E-state index < -0.39 is 0 Å². The van der Waals surface area contributed by atoms with Crippen molar-refractivity contribution in [3.05, 3.63) is 35.1 Å². The number of hydrogen-bond donors (Lipinski definition) is 2. The Bertz CT molecular complexity index is 346. The standard InChI is InChI=1S/C12H17FN2O/c1-3-14-4-5-15-12(16)10-6-9(2)7-11(13)8-10/h6-8,14H,3-5H2,1-2H3,(H,15,16). The normalized spacial score (nSPS) is 10.2. The van der Waals surface area contributed by atoms with Crippen LogP contribution in [0.1, 0.15) is 22.8 Å². The highest BCUT2D eigenvalue weighted by atomic mass is 19.1. The lowest BCUT2D eigenvalue weighted by molar-refractivity contribution is 0.0953. The number of nitrogens with one attached hydrogen (secondary N) is 2. The minimum absolute atomic E-state index is 0.236. The molecule has 2 N–H and O–H groups in total. The third-order valence-corrected chi connectivity index (χ3v) is 2.14. The Balaban J connectivity index is 2.52. The van der Waals surface area contributed by atoms with Gasteiger partial charge in [-0.1, -0.05) is 6.92 Å². The first-order chi connectivity index (χ1) is 7.63. The average Bonchev–Trinajstić information content (AvgIpc) is 2.22. The summed E-state index contributed by atoms with van der Waals surface area (Å²) in [7, 11) is 0. The second-order valence-electron chi connectivity index (χ2n) is 3.63. The van der Waals surface area contributed by atoms with E-state index in [2.05, 4.69) is 10.6 Å². The molecule has 1 amide bonds. The molecule has 0 unspecified atom stereocenters. The topological polar surface area (TPSA) is 41.1 Å². The summed E-state index contributed by atoms with van der Waals surface area (Å²) in [4.78, 5) is 11.6. The van der Waals surface area contributed by atoms with Crippen LogP contribution >= 0.6 is 0 Å². The van der Waals surface area contributed by atoms with E-state index in [0.717, 1.165) is 18.7 Å². The number of rotatable bonds is 5. The summed E-state index contributed by atoms with van der Waals surface area (Å²) in [6, 6.07) is 4.32. The summed E-state index contributed by atoms with van der Waals surface area (Å²) in [6.45, 7) is 5.89. The lowest BCUT2D eigenvalue weighted by Crippen LogP contribution is -2.31. The number of halogens is 1. The second-order valence-corrected chi connectivity index (χ2v) is 3.63. The van der Waals surface area contributed by atoms with Crippen LogP contribution in [0.3, 0.4) is 0 Å². The molecular formula is C12H17FN2O. The van der Waals surface area contributed by atoms with Gasteiger partial charge in [0.15, 0.2) is 0 Å². The molecule has 0 heterocycles. The molecule has 0 aliphatic carbocycles. The van der Waals surface area contributed by atoms with E-state index in [1.165, 1.54) is 12.1 Å². The van der Waals surface area contributed by atoms with Gasteiger partial charge in [-0.25, -0.2) is 4.39 Å². The zero-order valence-electron chi connectivity index (χ0n) is 9.64. The van der Waals surface area contributed by atoms with Crippen molar-refractivity contribution in [1.29, 1.82) is 0 Å². The molecule has 16 heavy (non-hydrogen) atoms. The molecule has 1 aromatic carbocycles. The van der Waals surface area contributed by atoms with Crippen LogP contribution < -0.4 is 10.6 Å². The zero-order valence-corrected chi connectivity index (χ0v) is 9.64. The minimum Gasteiger partial charge on any atom is -0.351 e.